The molecule has 0 atom stereocenters. The number of nitrogen functional groups attached to an aromatic ring is 1. The Morgan fingerprint density at radius 3 is 2.65 bits per heavy atom. The number of carbonyl (C=O) groups is 1. The summed E-state index contributed by atoms with van der Waals surface area (Å²) < 4.78 is 5.26. The highest BCUT2D eigenvalue weighted by atomic mass is 16.5. The van der Waals surface area contributed by atoms with Crippen molar-refractivity contribution in [2.24, 2.45) is 5.73 Å². The van der Waals surface area contributed by atoms with E-state index in [9.17, 15) is 4.79 Å². The third-order valence-corrected chi connectivity index (χ3v) is 3.24. The quantitative estimate of drug-likeness (QED) is 0.757. The van der Waals surface area contributed by atoms with Crippen LogP contribution in [0.3, 0.4) is 0 Å². The smallest absolute Gasteiger partial charge is 0.323 e. The Kier molecular flexibility index (Phi) is 4.54. The average Bonchev–Trinajstić information content (AvgIpc) is 2.89. The van der Waals surface area contributed by atoms with E-state index < -0.39 is 5.91 Å². The molecule has 0 aliphatic heterocycles. The van der Waals surface area contributed by atoms with Gasteiger partial charge in [-0.1, -0.05) is 12.8 Å². The van der Waals surface area contributed by atoms with E-state index in [2.05, 4.69) is 15.0 Å². The molecule has 1 aliphatic carbocycles. The van der Waals surface area contributed by atoms with Crippen molar-refractivity contribution in [2.75, 3.05) is 23.8 Å². The van der Waals surface area contributed by atoms with Crippen molar-refractivity contribution in [1.82, 2.24) is 15.0 Å². The second kappa shape index (κ2) is 6.36. The number of nitrogens with two attached hydrogens (primary N) is 2. The Hall–Kier alpha value is -2.12. The van der Waals surface area contributed by atoms with Crippen LogP contribution in [0.15, 0.2) is 0 Å². The second-order valence-electron chi connectivity index (χ2n) is 4.74. The van der Waals surface area contributed by atoms with Crippen molar-refractivity contribution >= 4 is 17.8 Å². The fourth-order valence-electron chi connectivity index (χ4n) is 2.43. The Balaban J connectivity index is 2.28. The topological polar surface area (TPSA) is 120 Å². The van der Waals surface area contributed by atoms with E-state index in [1.165, 1.54) is 0 Å². The first-order chi connectivity index (χ1) is 9.60. The van der Waals surface area contributed by atoms with Crippen molar-refractivity contribution in [3.8, 4) is 6.01 Å². The Labute approximate surface area is 117 Å². The van der Waals surface area contributed by atoms with Crippen LogP contribution in [0.2, 0.25) is 0 Å². The first-order valence-electron chi connectivity index (χ1n) is 6.79. The van der Waals surface area contributed by atoms with Gasteiger partial charge in [0.05, 0.1) is 13.2 Å². The zero-order valence-electron chi connectivity index (χ0n) is 11.6. The molecule has 1 saturated carbocycles. The SMILES string of the molecule is CCOc1nc(N)nc(N(CC(N)=O)C2CCCC2)n1. The maximum absolute atomic E-state index is 11.3. The summed E-state index contributed by atoms with van der Waals surface area (Å²) in [6.07, 6.45) is 4.23. The molecular formula is C12H20N6O2. The third-order valence-electron chi connectivity index (χ3n) is 3.24. The van der Waals surface area contributed by atoms with Crippen LogP contribution in [0.1, 0.15) is 32.6 Å². The van der Waals surface area contributed by atoms with E-state index >= 15 is 0 Å². The highest BCUT2D eigenvalue weighted by Crippen LogP contribution is 2.27. The summed E-state index contributed by atoms with van der Waals surface area (Å²) in [7, 11) is 0. The van der Waals surface area contributed by atoms with Gasteiger partial charge in [0.15, 0.2) is 0 Å². The summed E-state index contributed by atoms with van der Waals surface area (Å²) >= 11 is 0. The van der Waals surface area contributed by atoms with E-state index in [1.54, 1.807) is 4.90 Å². The minimum atomic E-state index is -0.422. The predicted octanol–water partition coefficient (Wildman–Crippen LogP) is 0.0868. The van der Waals surface area contributed by atoms with Crippen molar-refractivity contribution in [3.05, 3.63) is 0 Å². The molecule has 0 aromatic carbocycles. The van der Waals surface area contributed by atoms with Crippen LogP contribution >= 0.6 is 0 Å². The molecule has 1 fully saturated rings. The number of ether oxygens (including phenoxy) is 1. The second-order valence-corrected chi connectivity index (χ2v) is 4.74. The minimum Gasteiger partial charge on any atom is -0.464 e. The number of rotatable bonds is 6. The van der Waals surface area contributed by atoms with Gasteiger partial charge < -0.3 is 21.1 Å². The lowest BCUT2D eigenvalue weighted by Gasteiger charge is -2.27. The summed E-state index contributed by atoms with van der Waals surface area (Å²) in [4.78, 5) is 25.3. The first kappa shape index (κ1) is 14.3. The zero-order chi connectivity index (χ0) is 14.5. The van der Waals surface area contributed by atoms with Gasteiger partial charge in [0, 0.05) is 6.04 Å². The molecular weight excluding hydrogens is 260 g/mol. The van der Waals surface area contributed by atoms with Crippen molar-refractivity contribution < 1.29 is 9.53 Å². The van der Waals surface area contributed by atoms with Gasteiger partial charge in [0.1, 0.15) is 0 Å². The van der Waals surface area contributed by atoms with Crippen LogP contribution in [-0.2, 0) is 4.79 Å². The number of aromatic nitrogens is 3. The van der Waals surface area contributed by atoms with E-state index in [0.717, 1.165) is 25.7 Å². The molecule has 110 valence electrons. The lowest BCUT2D eigenvalue weighted by molar-refractivity contribution is -0.116. The third kappa shape index (κ3) is 3.46. The number of carbonyl (C=O) groups excluding carboxylic acids is 1. The van der Waals surface area contributed by atoms with Gasteiger partial charge in [-0.25, -0.2) is 0 Å². The molecule has 0 unspecified atom stereocenters. The Bertz CT molecular complexity index is 475. The summed E-state index contributed by atoms with van der Waals surface area (Å²) in [5.74, 6) is 0.00594. The van der Waals surface area contributed by atoms with Crippen molar-refractivity contribution in [3.63, 3.8) is 0 Å². The molecule has 0 spiro atoms. The standard InChI is InChI=1S/C12H20N6O2/c1-2-20-12-16-10(14)15-11(17-12)18(7-9(13)19)8-5-3-4-6-8/h8H,2-7H2,1H3,(H2,13,19)(H2,14,15,16,17). The van der Waals surface area contributed by atoms with Crippen LogP contribution in [0.25, 0.3) is 0 Å². The molecule has 0 saturated heterocycles. The van der Waals surface area contributed by atoms with E-state index in [-0.39, 0.29) is 24.5 Å². The molecule has 1 amide bonds. The van der Waals surface area contributed by atoms with Gasteiger partial charge >= 0.3 is 6.01 Å². The van der Waals surface area contributed by atoms with E-state index in [4.69, 9.17) is 16.2 Å². The predicted molar refractivity (Wildman–Crippen MR) is 74.2 cm³/mol. The molecule has 0 radical (unpaired) electrons. The van der Waals surface area contributed by atoms with Crippen LogP contribution in [0.5, 0.6) is 6.01 Å². The number of amides is 1. The maximum atomic E-state index is 11.3. The molecule has 20 heavy (non-hydrogen) atoms. The monoisotopic (exact) mass is 280 g/mol. The molecule has 1 aromatic rings. The summed E-state index contributed by atoms with van der Waals surface area (Å²) in [5, 5.41) is 0. The molecule has 4 N–H and O–H groups in total. The molecule has 2 rings (SSSR count). The largest absolute Gasteiger partial charge is 0.464 e. The van der Waals surface area contributed by atoms with E-state index in [0.29, 0.717) is 12.6 Å². The van der Waals surface area contributed by atoms with Crippen LogP contribution in [0.4, 0.5) is 11.9 Å². The van der Waals surface area contributed by atoms with Gasteiger partial charge in [-0.15, -0.1) is 0 Å². The van der Waals surface area contributed by atoms with Crippen LogP contribution in [-0.4, -0.2) is 40.1 Å². The summed E-state index contributed by atoms with van der Waals surface area (Å²) in [6, 6.07) is 0.376. The van der Waals surface area contributed by atoms with Crippen molar-refractivity contribution in [2.45, 2.75) is 38.6 Å². The van der Waals surface area contributed by atoms with Gasteiger partial charge in [-0.3, -0.25) is 4.79 Å². The number of anilines is 2. The first-order valence-corrected chi connectivity index (χ1v) is 6.79. The minimum absolute atomic E-state index is 0.0691. The van der Waals surface area contributed by atoms with Crippen LogP contribution in [0, 0.1) is 0 Å². The molecule has 1 aliphatic rings. The van der Waals surface area contributed by atoms with Gasteiger partial charge in [-0.2, -0.15) is 15.0 Å². The summed E-state index contributed by atoms with van der Waals surface area (Å²) in [6.45, 7) is 2.33. The summed E-state index contributed by atoms with van der Waals surface area (Å²) in [5.41, 5.74) is 11.0. The van der Waals surface area contributed by atoms with Crippen LogP contribution < -0.4 is 21.1 Å². The average molecular weight is 280 g/mol. The Morgan fingerprint density at radius 1 is 1.35 bits per heavy atom. The van der Waals surface area contributed by atoms with E-state index in [1.807, 2.05) is 6.92 Å². The van der Waals surface area contributed by atoms with Gasteiger partial charge in [0.2, 0.25) is 17.8 Å². The number of hydrogen-bond acceptors (Lipinski definition) is 7. The maximum Gasteiger partial charge on any atom is 0.323 e. The molecule has 1 aromatic heterocycles. The normalized spacial score (nSPS) is 15.2. The number of primary amides is 1. The van der Waals surface area contributed by atoms with Gasteiger partial charge in [0.25, 0.3) is 0 Å². The van der Waals surface area contributed by atoms with Crippen molar-refractivity contribution in [1.29, 1.82) is 0 Å². The fraction of sp³-hybridized carbons (Fsp3) is 0.667. The molecule has 8 heteroatoms. The number of hydrogen-bond donors (Lipinski definition) is 2. The van der Waals surface area contributed by atoms with Gasteiger partial charge in [-0.05, 0) is 19.8 Å². The highest BCUT2D eigenvalue weighted by molar-refractivity contribution is 5.79. The fourth-order valence-corrected chi connectivity index (χ4v) is 2.43. The molecule has 1 heterocycles. The molecule has 0 bridgehead atoms. The zero-order valence-corrected chi connectivity index (χ0v) is 11.6. The Morgan fingerprint density at radius 2 is 2.05 bits per heavy atom. The lowest BCUT2D eigenvalue weighted by Crippen LogP contribution is -2.41. The highest BCUT2D eigenvalue weighted by Gasteiger charge is 2.26. The number of nitrogens with zero attached hydrogens (tertiary/aromatic N) is 4. The lowest BCUT2D eigenvalue weighted by atomic mass is 10.2. The molecule has 8 nitrogen and oxygen atoms in total.